The van der Waals surface area contributed by atoms with Crippen molar-refractivity contribution >= 4 is 5.97 Å². The van der Waals surface area contributed by atoms with E-state index in [0.717, 1.165) is 45.1 Å². The largest absolute Gasteiger partial charge is 0.465 e. The third-order valence-corrected chi connectivity index (χ3v) is 3.55. The number of ether oxygens (including phenoxy) is 2. The molecule has 2 aliphatic rings. The van der Waals surface area contributed by atoms with Gasteiger partial charge in [-0.05, 0) is 44.4 Å². The lowest BCUT2D eigenvalue weighted by Crippen LogP contribution is -2.16. The first-order valence-electron chi connectivity index (χ1n) is 6.77. The van der Waals surface area contributed by atoms with Gasteiger partial charge in [-0.3, -0.25) is 4.79 Å². The molecule has 0 bridgehead atoms. The standard InChI is InChI=1S/C14H22O3/c15-14(9-8-13-7-4-10-16-13)17-11-12-5-2-1-3-6-12/h1-2,12-13H,3-11H2/t12-,13+/m0/s1. The number of allylic oxidation sites excluding steroid dienone is 2. The molecule has 1 aliphatic heterocycles. The zero-order valence-electron chi connectivity index (χ0n) is 10.4. The molecule has 1 fully saturated rings. The van der Waals surface area contributed by atoms with E-state index in [1.165, 1.54) is 0 Å². The molecule has 2 rings (SSSR count). The summed E-state index contributed by atoms with van der Waals surface area (Å²) in [4.78, 5) is 11.5. The molecule has 2 atom stereocenters. The maximum absolute atomic E-state index is 11.5. The smallest absolute Gasteiger partial charge is 0.305 e. The van der Waals surface area contributed by atoms with Gasteiger partial charge < -0.3 is 9.47 Å². The summed E-state index contributed by atoms with van der Waals surface area (Å²) in [7, 11) is 0. The summed E-state index contributed by atoms with van der Waals surface area (Å²) >= 11 is 0. The van der Waals surface area contributed by atoms with Gasteiger partial charge >= 0.3 is 5.97 Å². The number of esters is 1. The third-order valence-electron chi connectivity index (χ3n) is 3.55. The van der Waals surface area contributed by atoms with Crippen LogP contribution in [0.4, 0.5) is 0 Å². The average Bonchev–Trinajstić information content (AvgIpc) is 2.88. The second-order valence-corrected chi connectivity index (χ2v) is 5.01. The van der Waals surface area contributed by atoms with Crippen LogP contribution < -0.4 is 0 Å². The summed E-state index contributed by atoms with van der Waals surface area (Å²) in [5, 5.41) is 0. The van der Waals surface area contributed by atoms with Gasteiger partial charge in [-0.1, -0.05) is 12.2 Å². The summed E-state index contributed by atoms with van der Waals surface area (Å²) < 4.78 is 10.8. The Balaban J connectivity index is 1.55. The summed E-state index contributed by atoms with van der Waals surface area (Å²) in [5.41, 5.74) is 0. The van der Waals surface area contributed by atoms with E-state index in [2.05, 4.69) is 12.2 Å². The number of carbonyl (C=O) groups excluding carboxylic acids is 1. The predicted octanol–water partition coefficient (Wildman–Crippen LogP) is 2.85. The van der Waals surface area contributed by atoms with Crippen LogP contribution in [0.25, 0.3) is 0 Å². The fraction of sp³-hybridized carbons (Fsp3) is 0.786. The SMILES string of the molecule is O=C(CC[C@H]1CCCO1)OC[C@H]1CC=CCC1. The highest BCUT2D eigenvalue weighted by Crippen LogP contribution is 2.19. The van der Waals surface area contributed by atoms with Crippen molar-refractivity contribution < 1.29 is 14.3 Å². The van der Waals surface area contributed by atoms with Gasteiger partial charge in [0.25, 0.3) is 0 Å². The quantitative estimate of drug-likeness (QED) is 0.546. The molecule has 0 radical (unpaired) electrons. The zero-order valence-corrected chi connectivity index (χ0v) is 10.4. The van der Waals surface area contributed by atoms with Crippen molar-refractivity contribution in [3.05, 3.63) is 12.2 Å². The normalized spacial score (nSPS) is 28.2. The van der Waals surface area contributed by atoms with Crippen molar-refractivity contribution in [2.45, 2.75) is 51.0 Å². The molecule has 0 saturated carbocycles. The van der Waals surface area contributed by atoms with E-state index in [0.29, 0.717) is 25.0 Å². The molecule has 3 heteroatoms. The van der Waals surface area contributed by atoms with E-state index in [9.17, 15) is 4.79 Å². The molecule has 0 aromatic carbocycles. The maximum atomic E-state index is 11.5. The summed E-state index contributed by atoms with van der Waals surface area (Å²) in [5.74, 6) is 0.474. The van der Waals surface area contributed by atoms with Crippen LogP contribution in [0.3, 0.4) is 0 Å². The number of carbonyl (C=O) groups is 1. The molecule has 0 amide bonds. The van der Waals surface area contributed by atoms with E-state index in [1.54, 1.807) is 0 Å². The van der Waals surface area contributed by atoms with Crippen molar-refractivity contribution in [2.75, 3.05) is 13.2 Å². The molecular weight excluding hydrogens is 216 g/mol. The average molecular weight is 238 g/mol. The van der Waals surface area contributed by atoms with Crippen molar-refractivity contribution in [2.24, 2.45) is 5.92 Å². The summed E-state index contributed by atoms with van der Waals surface area (Å²) in [6.07, 6.45) is 11.6. The second kappa shape index (κ2) is 6.80. The lowest BCUT2D eigenvalue weighted by molar-refractivity contribution is -0.145. The van der Waals surface area contributed by atoms with Crippen LogP contribution in [0, 0.1) is 5.92 Å². The Labute approximate surface area is 103 Å². The molecule has 0 unspecified atom stereocenters. The molecule has 1 saturated heterocycles. The molecule has 0 aromatic heterocycles. The van der Waals surface area contributed by atoms with Crippen LogP contribution in [0.5, 0.6) is 0 Å². The van der Waals surface area contributed by atoms with Gasteiger partial charge in [0.15, 0.2) is 0 Å². The van der Waals surface area contributed by atoms with E-state index in [4.69, 9.17) is 9.47 Å². The highest BCUT2D eigenvalue weighted by Gasteiger charge is 2.18. The fourth-order valence-corrected chi connectivity index (χ4v) is 2.44. The Morgan fingerprint density at radius 2 is 2.29 bits per heavy atom. The van der Waals surface area contributed by atoms with E-state index in [1.807, 2.05) is 0 Å². The number of hydrogen-bond donors (Lipinski definition) is 0. The van der Waals surface area contributed by atoms with Gasteiger partial charge in [-0.25, -0.2) is 0 Å². The Morgan fingerprint density at radius 1 is 1.35 bits per heavy atom. The molecule has 1 aliphatic carbocycles. The molecule has 3 nitrogen and oxygen atoms in total. The van der Waals surface area contributed by atoms with Crippen LogP contribution >= 0.6 is 0 Å². The number of hydrogen-bond acceptors (Lipinski definition) is 3. The monoisotopic (exact) mass is 238 g/mol. The molecule has 17 heavy (non-hydrogen) atoms. The Kier molecular flexibility index (Phi) is 5.05. The van der Waals surface area contributed by atoms with Crippen molar-refractivity contribution in [1.82, 2.24) is 0 Å². The zero-order chi connectivity index (χ0) is 11.9. The van der Waals surface area contributed by atoms with E-state index in [-0.39, 0.29) is 5.97 Å². The summed E-state index contributed by atoms with van der Waals surface area (Å²) in [6.45, 7) is 1.45. The van der Waals surface area contributed by atoms with Crippen molar-refractivity contribution in [1.29, 1.82) is 0 Å². The van der Waals surface area contributed by atoms with E-state index >= 15 is 0 Å². The first-order chi connectivity index (χ1) is 8.34. The lowest BCUT2D eigenvalue weighted by Gasteiger charge is -2.17. The second-order valence-electron chi connectivity index (χ2n) is 5.01. The minimum absolute atomic E-state index is 0.0601. The first-order valence-corrected chi connectivity index (χ1v) is 6.77. The van der Waals surface area contributed by atoms with Gasteiger partial charge in [-0.15, -0.1) is 0 Å². The maximum Gasteiger partial charge on any atom is 0.305 e. The van der Waals surface area contributed by atoms with Crippen molar-refractivity contribution in [3.8, 4) is 0 Å². The van der Waals surface area contributed by atoms with Gasteiger partial charge in [0.05, 0.1) is 12.7 Å². The molecule has 96 valence electrons. The molecular formula is C14H22O3. The number of rotatable bonds is 5. The molecule has 0 N–H and O–H groups in total. The van der Waals surface area contributed by atoms with Gasteiger partial charge in [0.1, 0.15) is 0 Å². The molecule has 0 spiro atoms. The van der Waals surface area contributed by atoms with Gasteiger partial charge in [-0.2, -0.15) is 0 Å². The highest BCUT2D eigenvalue weighted by molar-refractivity contribution is 5.69. The van der Waals surface area contributed by atoms with E-state index < -0.39 is 0 Å². The van der Waals surface area contributed by atoms with Crippen LogP contribution in [0.1, 0.15) is 44.9 Å². The van der Waals surface area contributed by atoms with Gasteiger partial charge in [0.2, 0.25) is 0 Å². The topological polar surface area (TPSA) is 35.5 Å². The van der Waals surface area contributed by atoms with Gasteiger partial charge in [0, 0.05) is 13.0 Å². The minimum atomic E-state index is -0.0601. The fourth-order valence-electron chi connectivity index (χ4n) is 2.44. The summed E-state index contributed by atoms with van der Waals surface area (Å²) in [6, 6.07) is 0. The van der Waals surface area contributed by atoms with Crippen LogP contribution in [0.15, 0.2) is 12.2 Å². The van der Waals surface area contributed by atoms with Crippen LogP contribution in [-0.2, 0) is 14.3 Å². The molecule has 1 heterocycles. The lowest BCUT2D eigenvalue weighted by atomic mass is 9.95. The van der Waals surface area contributed by atoms with Crippen molar-refractivity contribution in [3.63, 3.8) is 0 Å². The molecule has 0 aromatic rings. The highest BCUT2D eigenvalue weighted by atomic mass is 16.5. The third kappa shape index (κ3) is 4.50. The van der Waals surface area contributed by atoms with Crippen LogP contribution in [-0.4, -0.2) is 25.3 Å². The Hall–Kier alpha value is -0.830. The Morgan fingerprint density at radius 3 is 3.00 bits per heavy atom. The van der Waals surface area contributed by atoms with Crippen LogP contribution in [0.2, 0.25) is 0 Å². The minimum Gasteiger partial charge on any atom is -0.465 e. The first kappa shape index (κ1) is 12.6. The predicted molar refractivity (Wildman–Crippen MR) is 65.6 cm³/mol. The Bertz CT molecular complexity index is 267.